The number of rotatable bonds is 2. The van der Waals surface area contributed by atoms with Crippen molar-refractivity contribution in [3.8, 4) is 11.1 Å². The lowest BCUT2D eigenvalue weighted by Gasteiger charge is -2.12. The Morgan fingerprint density at radius 2 is 1.96 bits per heavy atom. The van der Waals surface area contributed by atoms with Gasteiger partial charge in [0.1, 0.15) is 5.65 Å². The molecule has 23 heavy (non-hydrogen) atoms. The van der Waals surface area contributed by atoms with Gasteiger partial charge in [0.05, 0.1) is 5.56 Å². The number of pyridine rings is 1. The van der Waals surface area contributed by atoms with Gasteiger partial charge in [-0.15, -0.1) is 0 Å². The lowest BCUT2D eigenvalue weighted by molar-refractivity contribution is -0.137. The van der Waals surface area contributed by atoms with Crippen LogP contribution in [0.25, 0.3) is 22.2 Å². The SMILES string of the molecule is O=C(O)Nc1cc(-c2cnc3[nH]ccc3c2)cc(C(F)(F)F)c1. The Hall–Kier alpha value is -3.03. The van der Waals surface area contributed by atoms with Crippen molar-refractivity contribution < 1.29 is 23.1 Å². The molecule has 118 valence electrons. The molecule has 0 radical (unpaired) electrons. The highest BCUT2D eigenvalue weighted by Crippen LogP contribution is 2.35. The van der Waals surface area contributed by atoms with Crippen LogP contribution < -0.4 is 5.32 Å². The van der Waals surface area contributed by atoms with Crippen LogP contribution in [0.15, 0.2) is 42.7 Å². The van der Waals surface area contributed by atoms with E-state index in [1.165, 1.54) is 12.3 Å². The maximum atomic E-state index is 13.0. The molecule has 1 aromatic carbocycles. The van der Waals surface area contributed by atoms with Gasteiger partial charge in [-0.2, -0.15) is 13.2 Å². The number of fused-ring (bicyclic) bond motifs is 1. The Labute approximate surface area is 127 Å². The van der Waals surface area contributed by atoms with Crippen LogP contribution in [0.1, 0.15) is 5.56 Å². The van der Waals surface area contributed by atoms with Gasteiger partial charge in [-0.25, -0.2) is 9.78 Å². The van der Waals surface area contributed by atoms with Crippen LogP contribution in [0.3, 0.4) is 0 Å². The number of nitrogens with one attached hydrogen (secondary N) is 2. The first-order valence-corrected chi connectivity index (χ1v) is 6.49. The molecular formula is C15H10F3N3O2. The highest BCUT2D eigenvalue weighted by atomic mass is 19.4. The molecule has 2 heterocycles. The molecule has 5 nitrogen and oxygen atoms in total. The van der Waals surface area contributed by atoms with Crippen LogP contribution >= 0.6 is 0 Å². The van der Waals surface area contributed by atoms with Crippen molar-refractivity contribution in [2.24, 2.45) is 0 Å². The van der Waals surface area contributed by atoms with Crippen LogP contribution in [-0.2, 0) is 6.18 Å². The molecule has 0 bridgehead atoms. The quantitative estimate of drug-likeness (QED) is 0.657. The van der Waals surface area contributed by atoms with E-state index in [9.17, 15) is 18.0 Å². The van der Waals surface area contributed by atoms with Gasteiger partial charge in [0.15, 0.2) is 0 Å². The summed E-state index contributed by atoms with van der Waals surface area (Å²) in [4.78, 5) is 17.7. The molecule has 3 N–H and O–H groups in total. The molecule has 0 aliphatic heterocycles. The second kappa shape index (κ2) is 5.31. The van der Waals surface area contributed by atoms with E-state index in [2.05, 4.69) is 9.97 Å². The van der Waals surface area contributed by atoms with E-state index in [-0.39, 0.29) is 11.3 Å². The van der Waals surface area contributed by atoms with Crippen molar-refractivity contribution in [1.29, 1.82) is 0 Å². The zero-order valence-corrected chi connectivity index (χ0v) is 11.5. The second-order valence-corrected chi connectivity index (χ2v) is 4.87. The van der Waals surface area contributed by atoms with Gasteiger partial charge in [-0.1, -0.05) is 0 Å². The lowest BCUT2D eigenvalue weighted by atomic mass is 10.0. The molecule has 3 rings (SSSR count). The first-order chi connectivity index (χ1) is 10.8. The minimum Gasteiger partial charge on any atom is -0.465 e. The van der Waals surface area contributed by atoms with E-state index in [1.807, 2.05) is 5.32 Å². The van der Waals surface area contributed by atoms with Gasteiger partial charge in [0.25, 0.3) is 0 Å². The number of halogens is 3. The van der Waals surface area contributed by atoms with Gasteiger partial charge in [-0.05, 0) is 35.9 Å². The number of H-pyrrole nitrogens is 1. The van der Waals surface area contributed by atoms with Crippen molar-refractivity contribution in [3.05, 3.63) is 48.3 Å². The number of amides is 1. The summed E-state index contributed by atoms with van der Waals surface area (Å²) in [6.07, 6.45) is -2.92. The van der Waals surface area contributed by atoms with Gasteiger partial charge < -0.3 is 10.1 Å². The first-order valence-electron chi connectivity index (χ1n) is 6.49. The molecule has 0 saturated heterocycles. The fraction of sp³-hybridized carbons (Fsp3) is 0.0667. The molecular weight excluding hydrogens is 311 g/mol. The molecule has 0 aliphatic carbocycles. The summed E-state index contributed by atoms with van der Waals surface area (Å²) in [6, 6.07) is 6.47. The molecule has 0 saturated carbocycles. The Bertz CT molecular complexity index is 887. The van der Waals surface area contributed by atoms with E-state index in [4.69, 9.17) is 5.11 Å². The number of benzene rings is 1. The Kier molecular flexibility index (Phi) is 3.44. The normalized spacial score (nSPS) is 11.6. The Morgan fingerprint density at radius 3 is 2.65 bits per heavy atom. The summed E-state index contributed by atoms with van der Waals surface area (Å²) in [5, 5.41) is 11.4. The van der Waals surface area contributed by atoms with E-state index < -0.39 is 17.8 Å². The number of carboxylic acid groups (broad SMARTS) is 1. The molecule has 0 aliphatic rings. The van der Waals surface area contributed by atoms with Gasteiger partial charge in [0, 0.05) is 29.0 Å². The summed E-state index contributed by atoms with van der Waals surface area (Å²) >= 11 is 0. The number of anilines is 1. The molecule has 3 aromatic rings. The average Bonchev–Trinajstić information content (AvgIpc) is 2.92. The predicted octanol–water partition coefficient (Wildman–Crippen LogP) is 4.34. The van der Waals surface area contributed by atoms with Crippen molar-refractivity contribution in [2.45, 2.75) is 6.18 Å². The second-order valence-electron chi connectivity index (χ2n) is 4.87. The van der Waals surface area contributed by atoms with E-state index in [0.29, 0.717) is 11.2 Å². The van der Waals surface area contributed by atoms with Crippen molar-refractivity contribution in [2.75, 3.05) is 5.32 Å². The Morgan fingerprint density at radius 1 is 1.17 bits per heavy atom. The molecule has 0 unspecified atom stereocenters. The van der Waals surface area contributed by atoms with Crippen LogP contribution in [0, 0.1) is 0 Å². The third-order valence-corrected chi connectivity index (χ3v) is 3.25. The van der Waals surface area contributed by atoms with E-state index in [1.54, 1.807) is 18.3 Å². The minimum absolute atomic E-state index is 0.156. The largest absolute Gasteiger partial charge is 0.465 e. The van der Waals surface area contributed by atoms with Crippen molar-refractivity contribution in [1.82, 2.24) is 9.97 Å². The highest BCUT2D eigenvalue weighted by Gasteiger charge is 2.31. The molecule has 2 aromatic heterocycles. The zero-order chi connectivity index (χ0) is 16.6. The molecule has 8 heteroatoms. The third kappa shape index (κ3) is 3.10. The van der Waals surface area contributed by atoms with Gasteiger partial charge in [-0.3, -0.25) is 5.32 Å². The van der Waals surface area contributed by atoms with Gasteiger partial charge in [0.2, 0.25) is 0 Å². The number of alkyl halides is 3. The fourth-order valence-electron chi connectivity index (χ4n) is 2.25. The molecule has 1 amide bonds. The number of carbonyl (C=O) groups is 1. The van der Waals surface area contributed by atoms with Crippen LogP contribution in [0.2, 0.25) is 0 Å². The van der Waals surface area contributed by atoms with Crippen LogP contribution in [0.4, 0.5) is 23.7 Å². The zero-order valence-electron chi connectivity index (χ0n) is 11.5. The lowest BCUT2D eigenvalue weighted by Crippen LogP contribution is -2.10. The summed E-state index contributed by atoms with van der Waals surface area (Å²) in [5.74, 6) is 0. The number of nitrogens with zero attached hydrogens (tertiary/aromatic N) is 1. The highest BCUT2D eigenvalue weighted by molar-refractivity contribution is 5.86. The smallest absolute Gasteiger partial charge is 0.416 e. The Balaban J connectivity index is 2.14. The topological polar surface area (TPSA) is 78.0 Å². The molecule has 0 fully saturated rings. The van der Waals surface area contributed by atoms with E-state index >= 15 is 0 Å². The van der Waals surface area contributed by atoms with Crippen molar-refractivity contribution in [3.63, 3.8) is 0 Å². The number of aromatic nitrogens is 2. The maximum absolute atomic E-state index is 13.0. The molecule has 0 spiro atoms. The van der Waals surface area contributed by atoms with Gasteiger partial charge >= 0.3 is 12.3 Å². The number of hydrogen-bond acceptors (Lipinski definition) is 2. The van der Waals surface area contributed by atoms with Crippen LogP contribution in [0.5, 0.6) is 0 Å². The summed E-state index contributed by atoms with van der Waals surface area (Å²) < 4.78 is 39.0. The monoisotopic (exact) mass is 321 g/mol. The number of aromatic amines is 1. The van der Waals surface area contributed by atoms with Crippen molar-refractivity contribution >= 4 is 22.8 Å². The number of hydrogen-bond donors (Lipinski definition) is 3. The summed E-state index contributed by atoms with van der Waals surface area (Å²) in [5.41, 5.74) is 0.199. The third-order valence-electron chi connectivity index (χ3n) is 3.25. The maximum Gasteiger partial charge on any atom is 0.416 e. The summed E-state index contributed by atoms with van der Waals surface area (Å²) in [6.45, 7) is 0. The predicted molar refractivity (Wildman–Crippen MR) is 78.2 cm³/mol. The average molecular weight is 321 g/mol. The fourth-order valence-corrected chi connectivity index (χ4v) is 2.25. The first kappa shape index (κ1) is 14.9. The van der Waals surface area contributed by atoms with Crippen LogP contribution in [-0.4, -0.2) is 21.2 Å². The standard InChI is InChI=1S/C15H10F3N3O2/c16-15(17,18)11-4-9(5-12(6-11)21-14(22)23)10-3-8-1-2-19-13(8)20-7-10/h1-7,21H,(H,19,20)(H,22,23). The summed E-state index contributed by atoms with van der Waals surface area (Å²) in [7, 11) is 0. The minimum atomic E-state index is -4.59. The van der Waals surface area contributed by atoms with E-state index in [0.717, 1.165) is 17.5 Å². The molecule has 0 atom stereocenters.